The number of quaternary nitrogens is 1. The summed E-state index contributed by atoms with van der Waals surface area (Å²) in [7, 11) is 1.60. The van der Waals surface area contributed by atoms with Gasteiger partial charge in [-0.05, 0) is 60.7 Å². The molecule has 0 spiro atoms. The Morgan fingerprint density at radius 1 is 1.13 bits per heavy atom. The van der Waals surface area contributed by atoms with Crippen LogP contribution in [0.3, 0.4) is 0 Å². The average Bonchev–Trinajstić information content (AvgIpc) is 3.35. The Bertz CT molecular complexity index is 966. The first kappa shape index (κ1) is 20.9. The third-order valence-electron chi connectivity index (χ3n) is 5.80. The molecule has 0 radical (unpaired) electrons. The zero-order valence-electron chi connectivity index (χ0n) is 17.5. The largest absolute Gasteiger partial charge is 0.497 e. The topological polar surface area (TPSA) is 59.1 Å². The van der Waals surface area contributed by atoms with Gasteiger partial charge in [-0.1, -0.05) is 0 Å². The van der Waals surface area contributed by atoms with E-state index in [9.17, 15) is 9.18 Å². The number of rotatable bonds is 7. The Balaban J connectivity index is 1.39. The number of amides is 1. The molecule has 0 bridgehead atoms. The van der Waals surface area contributed by atoms with Crippen LogP contribution in [0.2, 0.25) is 0 Å². The van der Waals surface area contributed by atoms with Crippen LogP contribution in [0.15, 0.2) is 71.3 Å². The maximum atomic E-state index is 13.2. The molecule has 31 heavy (non-hydrogen) atoms. The van der Waals surface area contributed by atoms with E-state index in [4.69, 9.17) is 9.15 Å². The van der Waals surface area contributed by atoms with Gasteiger partial charge in [0.25, 0.3) is 5.91 Å². The van der Waals surface area contributed by atoms with Gasteiger partial charge in [-0.3, -0.25) is 4.79 Å². The van der Waals surface area contributed by atoms with Crippen molar-refractivity contribution in [2.45, 2.75) is 6.04 Å². The SMILES string of the molecule is COc1ccc(C(=O)NC[C@@H](c2ccco2)[NH+]2CCN(c3ccc(F)cc3)CC2)cc1. The van der Waals surface area contributed by atoms with Gasteiger partial charge < -0.3 is 24.3 Å². The van der Waals surface area contributed by atoms with Gasteiger partial charge in [0.15, 0.2) is 11.8 Å². The summed E-state index contributed by atoms with van der Waals surface area (Å²) in [6.45, 7) is 3.96. The monoisotopic (exact) mass is 424 g/mol. The maximum Gasteiger partial charge on any atom is 0.251 e. The summed E-state index contributed by atoms with van der Waals surface area (Å²) in [6, 6.07) is 17.5. The van der Waals surface area contributed by atoms with E-state index >= 15 is 0 Å². The van der Waals surface area contributed by atoms with Crippen molar-refractivity contribution in [2.75, 3.05) is 44.7 Å². The second-order valence-electron chi connectivity index (χ2n) is 7.63. The van der Waals surface area contributed by atoms with E-state index in [0.29, 0.717) is 17.9 Å². The number of benzene rings is 2. The molecule has 1 amide bonds. The van der Waals surface area contributed by atoms with Gasteiger partial charge in [-0.2, -0.15) is 0 Å². The molecule has 2 N–H and O–H groups in total. The van der Waals surface area contributed by atoms with Gasteiger partial charge in [0, 0.05) is 11.3 Å². The van der Waals surface area contributed by atoms with Crippen LogP contribution >= 0.6 is 0 Å². The van der Waals surface area contributed by atoms with Crippen molar-refractivity contribution in [3.8, 4) is 5.75 Å². The molecule has 6 nitrogen and oxygen atoms in total. The number of furan rings is 1. The van der Waals surface area contributed by atoms with Gasteiger partial charge in [0.05, 0.1) is 46.1 Å². The number of nitrogens with one attached hydrogen (secondary N) is 2. The first-order chi connectivity index (χ1) is 15.1. The lowest BCUT2D eigenvalue weighted by atomic mass is 10.1. The molecule has 1 saturated heterocycles. The Labute approximate surface area is 181 Å². The van der Waals surface area contributed by atoms with Crippen LogP contribution in [0.4, 0.5) is 10.1 Å². The van der Waals surface area contributed by atoms with Crippen LogP contribution in [0.5, 0.6) is 5.75 Å². The van der Waals surface area contributed by atoms with Crippen molar-refractivity contribution >= 4 is 11.6 Å². The third kappa shape index (κ3) is 5.06. The summed E-state index contributed by atoms with van der Waals surface area (Å²) >= 11 is 0. The van der Waals surface area contributed by atoms with Gasteiger partial charge in [0.2, 0.25) is 0 Å². The number of anilines is 1. The summed E-state index contributed by atoms with van der Waals surface area (Å²) in [5.74, 6) is 1.23. The Hall–Kier alpha value is -3.32. The highest BCUT2D eigenvalue weighted by Crippen LogP contribution is 2.16. The van der Waals surface area contributed by atoms with Crippen molar-refractivity contribution in [3.05, 3.63) is 84.1 Å². The lowest BCUT2D eigenvalue weighted by Gasteiger charge is -2.37. The lowest BCUT2D eigenvalue weighted by molar-refractivity contribution is -0.932. The smallest absolute Gasteiger partial charge is 0.251 e. The summed E-state index contributed by atoms with van der Waals surface area (Å²) in [6.07, 6.45) is 1.67. The van der Waals surface area contributed by atoms with E-state index < -0.39 is 0 Å². The van der Waals surface area contributed by atoms with Crippen LogP contribution in [0.25, 0.3) is 0 Å². The predicted molar refractivity (Wildman–Crippen MR) is 116 cm³/mol. The zero-order chi connectivity index (χ0) is 21.6. The summed E-state index contributed by atoms with van der Waals surface area (Å²) in [5.41, 5.74) is 1.62. The first-order valence-electron chi connectivity index (χ1n) is 10.4. The number of hydrogen-bond acceptors (Lipinski definition) is 4. The van der Waals surface area contributed by atoms with Crippen LogP contribution in [0, 0.1) is 5.82 Å². The Morgan fingerprint density at radius 3 is 2.45 bits per heavy atom. The van der Waals surface area contributed by atoms with Crippen LogP contribution < -0.4 is 19.9 Å². The molecular weight excluding hydrogens is 397 g/mol. The molecule has 1 aliphatic rings. The van der Waals surface area contributed by atoms with Crippen molar-refractivity contribution in [2.24, 2.45) is 0 Å². The molecule has 7 heteroatoms. The molecule has 162 valence electrons. The van der Waals surface area contributed by atoms with E-state index in [-0.39, 0.29) is 17.8 Å². The molecule has 1 fully saturated rings. The van der Waals surface area contributed by atoms with Crippen LogP contribution in [-0.4, -0.2) is 45.7 Å². The number of carbonyl (C=O) groups excluding carboxylic acids is 1. The fourth-order valence-electron chi connectivity index (χ4n) is 4.03. The van der Waals surface area contributed by atoms with E-state index in [0.717, 1.165) is 37.6 Å². The van der Waals surface area contributed by atoms with E-state index in [2.05, 4.69) is 10.2 Å². The summed E-state index contributed by atoms with van der Waals surface area (Å²) in [5, 5.41) is 3.06. The lowest BCUT2D eigenvalue weighted by Crippen LogP contribution is -3.15. The third-order valence-corrected chi connectivity index (χ3v) is 5.80. The molecule has 1 aromatic heterocycles. The quantitative estimate of drug-likeness (QED) is 0.611. The fourth-order valence-corrected chi connectivity index (χ4v) is 4.03. The number of piperazine rings is 1. The van der Waals surface area contributed by atoms with Gasteiger partial charge in [-0.25, -0.2) is 4.39 Å². The standard InChI is InChI=1S/C24H26FN3O3/c1-30-21-10-4-18(5-11-21)24(29)26-17-22(23-3-2-16-31-23)28-14-12-27(13-15-28)20-8-6-19(25)7-9-20/h2-11,16,22H,12-15,17H2,1H3,(H,26,29)/p+1/t22-/m0/s1. The molecule has 1 atom stereocenters. The maximum absolute atomic E-state index is 13.2. The molecule has 4 rings (SSSR count). The normalized spacial score (nSPS) is 15.5. The van der Waals surface area contributed by atoms with Crippen molar-refractivity contribution in [1.29, 1.82) is 0 Å². The second kappa shape index (κ2) is 9.66. The number of methoxy groups -OCH3 is 1. The molecular formula is C24H27FN3O3+. The highest BCUT2D eigenvalue weighted by Gasteiger charge is 2.31. The van der Waals surface area contributed by atoms with Crippen molar-refractivity contribution < 1.29 is 23.2 Å². The number of ether oxygens (including phenoxy) is 1. The van der Waals surface area contributed by atoms with Gasteiger partial charge in [0.1, 0.15) is 11.6 Å². The number of nitrogens with zero attached hydrogens (tertiary/aromatic N) is 1. The first-order valence-corrected chi connectivity index (χ1v) is 10.4. The molecule has 0 unspecified atom stereocenters. The van der Waals surface area contributed by atoms with Crippen molar-refractivity contribution in [3.63, 3.8) is 0 Å². The Kier molecular flexibility index (Phi) is 6.52. The molecule has 3 aromatic rings. The minimum Gasteiger partial charge on any atom is -0.497 e. The molecule has 1 aliphatic heterocycles. The van der Waals surface area contributed by atoms with E-state index in [1.807, 2.05) is 24.3 Å². The minimum absolute atomic E-state index is 0.0209. The summed E-state index contributed by atoms with van der Waals surface area (Å²) in [4.78, 5) is 16.2. The molecule has 2 aromatic carbocycles. The van der Waals surface area contributed by atoms with Gasteiger partial charge in [-0.15, -0.1) is 0 Å². The highest BCUT2D eigenvalue weighted by molar-refractivity contribution is 5.94. The second-order valence-corrected chi connectivity index (χ2v) is 7.63. The molecule has 0 aliphatic carbocycles. The van der Waals surface area contributed by atoms with Gasteiger partial charge >= 0.3 is 0 Å². The van der Waals surface area contributed by atoms with Crippen molar-refractivity contribution in [1.82, 2.24) is 5.32 Å². The van der Waals surface area contributed by atoms with E-state index in [1.165, 1.54) is 17.0 Å². The van der Waals surface area contributed by atoms with Crippen LogP contribution in [0.1, 0.15) is 22.2 Å². The predicted octanol–water partition coefficient (Wildman–Crippen LogP) is 2.30. The fraction of sp³-hybridized carbons (Fsp3) is 0.292. The average molecular weight is 424 g/mol. The number of hydrogen-bond donors (Lipinski definition) is 2. The zero-order valence-corrected chi connectivity index (χ0v) is 17.5. The molecule has 0 saturated carbocycles. The number of carbonyl (C=O) groups is 1. The van der Waals surface area contributed by atoms with E-state index in [1.54, 1.807) is 37.6 Å². The highest BCUT2D eigenvalue weighted by atomic mass is 19.1. The number of halogens is 1. The Morgan fingerprint density at radius 2 is 1.84 bits per heavy atom. The van der Waals surface area contributed by atoms with Crippen LogP contribution in [-0.2, 0) is 0 Å². The minimum atomic E-state index is -0.224. The molecule has 2 heterocycles. The summed E-state index contributed by atoms with van der Waals surface area (Å²) < 4.78 is 24.1.